The van der Waals surface area contributed by atoms with E-state index in [1.165, 1.54) is 6.08 Å². The van der Waals surface area contributed by atoms with Gasteiger partial charge >= 0.3 is 5.97 Å². The predicted molar refractivity (Wildman–Crippen MR) is 77.1 cm³/mol. The molecule has 0 aliphatic heterocycles. The van der Waals surface area contributed by atoms with Gasteiger partial charge in [-0.05, 0) is 44.2 Å². The third-order valence-electron chi connectivity index (χ3n) is 3.69. The largest absolute Gasteiger partial charge is 0.480 e. The van der Waals surface area contributed by atoms with Crippen LogP contribution in [-0.4, -0.2) is 22.5 Å². The van der Waals surface area contributed by atoms with Crippen molar-refractivity contribution in [1.82, 2.24) is 5.32 Å². The average molecular weight is 273 g/mol. The Hall–Kier alpha value is -2.10. The Kier molecular flexibility index (Phi) is 3.93. The Morgan fingerprint density at radius 3 is 2.65 bits per heavy atom. The Balaban J connectivity index is 2.03. The van der Waals surface area contributed by atoms with Crippen molar-refractivity contribution in [2.24, 2.45) is 5.92 Å². The van der Waals surface area contributed by atoms with E-state index in [9.17, 15) is 14.7 Å². The average Bonchev–Trinajstić information content (AvgIpc) is 3.20. The van der Waals surface area contributed by atoms with Gasteiger partial charge in [-0.15, -0.1) is 0 Å². The summed E-state index contributed by atoms with van der Waals surface area (Å²) in [6.45, 7) is 3.55. The quantitative estimate of drug-likeness (QED) is 0.809. The molecule has 1 unspecified atom stereocenters. The zero-order valence-electron chi connectivity index (χ0n) is 11.7. The number of hydrogen-bond donors (Lipinski definition) is 2. The van der Waals surface area contributed by atoms with Gasteiger partial charge in [0.25, 0.3) is 0 Å². The summed E-state index contributed by atoms with van der Waals surface area (Å²) in [6, 6.07) is 7.75. The van der Waals surface area contributed by atoms with E-state index >= 15 is 0 Å². The molecule has 1 aromatic carbocycles. The summed E-state index contributed by atoms with van der Waals surface area (Å²) in [7, 11) is 0. The highest BCUT2D eigenvalue weighted by atomic mass is 16.4. The normalized spacial score (nSPS) is 17.7. The highest BCUT2D eigenvalue weighted by molar-refractivity contribution is 5.96. The molecule has 2 N–H and O–H groups in total. The highest BCUT2D eigenvalue weighted by Gasteiger charge is 2.48. The fourth-order valence-corrected chi connectivity index (χ4v) is 2.23. The van der Waals surface area contributed by atoms with Gasteiger partial charge in [0.15, 0.2) is 0 Å². The molecule has 4 heteroatoms. The van der Waals surface area contributed by atoms with Crippen molar-refractivity contribution in [3.63, 3.8) is 0 Å². The van der Waals surface area contributed by atoms with Gasteiger partial charge < -0.3 is 10.4 Å². The minimum atomic E-state index is -1.16. The van der Waals surface area contributed by atoms with E-state index in [1.54, 1.807) is 13.0 Å². The van der Waals surface area contributed by atoms with E-state index in [2.05, 4.69) is 5.32 Å². The van der Waals surface area contributed by atoms with Crippen molar-refractivity contribution in [2.75, 3.05) is 0 Å². The molecule has 1 aromatic rings. The number of rotatable bonds is 5. The number of amides is 1. The second-order valence-corrected chi connectivity index (χ2v) is 5.52. The van der Waals surface area contributed by atoms with Crippen molar-refractivity contribution < 1.29 is 14.7 Å². The fourth-order valence-electron chi connectivity index (χ4n) is 2.23. The number of carbonyl (C=O) groups excluding carboxylic acids is 1. The van der Waals surface area contributed by atoms with Gasteiger partial charge in [-0.3, -0.25) is 4.79 Å². The standard InChI is InChI=1S/C16H19NO3/c1-11-4-3-5-12(10-11)6-9-14(18)17-16(2,15(19)20)13-7-8-13/h3-6,9-10,13H,7-8H2,1-2H3,(H,17,18)(H,19,20)/b9-6+. The highest BCUT2D eigenvalue weighted by Crippen LogP contribution is 2.39. The number of carboxylic acid groups (broad SMARTS) is 1. The molecule has 1 aliphatic rings. The monoisotopic (exact) mass is 273 g/mol. The number of hydrogen-bond acceptors (Lipinski definition) is 2. The molecule has 1 fully saturated rings. The Morgan fingerprint density at radius 1 is 1.40 bits per heavy atom. The Labute approximate surface area is 118 Å². The molecule has 4 nitrogen and oxygen atoms in total. The number of carboxylic acids is 1. The summed E-state index contributed by atoms with van der Waals surface area (Å²) < 4.78 is 0. The van der Waals surface area contributed by atoms with Crippen LogP contribution >= 0.6 is 0 Å². The van der Waals surface area contributed by atoms with Crippen LogP contribution in [0.5, 0.6) is 0 Å². The number of benzene rings is 1. The van der Waals surface area contributed by atoms with Gasteiger partial charge in [0.1, 0.15) is 5.54 Å². The SMILES string of the molecule is Cc1cccc(/C=C/C(=O)NC(C)(C(=O)O)C2CC2)c1. The lowest BCUT2D eigenvalue weighted by molar-refractivity contribution is -0.147. The first-order valence-electron chi connectivity index (χ1n) is 6.72. The zero-order chi connectivity index (χ0) is 14.8. The third-order valence-corrected chi connectivity index (χ3v) is 3.69. The van der Waals surface area contributed by atoms with Crippen molar-refractivity contribution in [3.8, 4) is 0 Å². The molecule has 0 aromatic heterocycles. The number of nitrogens with one attached hydrogen (secondary N) is 1. The molecule has 0 heterocycles. The molecular formula is C16H19NO3. The van der Waals surface area contributed by atoms with Crippen LogP contribution in [0.4, 0.5) is 0 Å². The lowest BCUT2D eigenvalue weighted by atomic mass is 9.96. The number of aryl methyl sites for hydroxylation is 1. The van der Waals surface area contributed by atoms with E-state index in [4.69, 9.17) is 0 Å². The summed E-state index contributed by atoms with van der Waals surface area (Å²) in [4.78, 5) is 23.2. The molecule has 1 atom stereocenters. The van der Waals surface area contributed by atoms with Gasteiger partial charge in [-0.1, -0.05) is 29.8 Å². The molecule has 20 heavy (non-hydrogen) atoms. The third kappa shape index (κ3) is 3.26. The number of aliphatic carboxylic acids is 1. The van der Waals surface area contributed by atoms with E-state index in [1.807, 2.05) is 31.2 Å². The summed E-state index contributed by atoms with van der Waals surface area (Å²) in [5.41, 5.74) is 0.873. The molecule has 106 valence electrons. The maximum Gasteiger partial charge on any atom is 0.329 e. The second-order valence-electron chi connectivity index (χ2n) is 5.52. The van der Waals surface area contributed by atoms with E-state index < -0.39 is 11.5 Å². The Morgan fingerprint density at radius 2 is 2.10 bits per heavy atom. The fraction of sp³-hybridized carbons (Fsp3) is 0.375. The van der Waals surface area contributed by atoms with E-state index in [0.29, 0.717) is 0 Å². The predicted octanol–water partition coefficient (Wildman–Crippen LogP) is 2.38. The minimum Gasteiger partial charge on any atom is -0.480 e. The van der Waals surface area contributed by atoms with Crippen molar-refractivity contribution in [3.05, 3.63) is 41.5 Å². The van der Waals surface area contributed by atoms with Crippen LogP contribution in [0.2, 0.25) is 0 Å². The van der Waals surface area contributed by atoms with Crippen LogP contribution in [-0.2, 0) is 9.59 Å². The maximum absolute atomic E-state index is 11.9. The van der Waals surface area contributed by atoms with Crippen LogP contribution in [0.1, 0.15) is 30.9 Å². The van der Waals surface area contributed by atoms with Crippen LogP contribution < -0.4 is 5.32 Å². The van der Waals surface area contributed by atoms with Crippen LogP contribution in [0, 0.1) is 12.8 Å². The van der Waals surface area contributed by atoms with E-state index in [0.717, 1.165) is 24.0 Å². The molecule has 1 saturated carbocycles. The topological polar surface area (TPSA) is 66.4 Å². The molecule has 2 rings (SSSR count). The minimum absolute atomic E-state index is 0.0383. The molecule has 0 radical (unpaired) electrons. The zero-order valence-corrected chi connectivity index (χ0v) is 11.7. The summed E-state index contributed by atoms with van der Waals surface area (Å²) in [5.74, 6) is -1.31. The van der Waals surface area contributed by atoms with Crippen LogP contribution in [0.25, 0.3) is 6.08 Å². The summed E-state index contributed by atoms with van der Waals surface area (Å²) >= 11 is 0. The molecular weight excluding hydrogens is 254 g/mol. The molecule has 1 amide bonds. The van der Waals surface area contributed by atoms with Crippen LogP contribution in [0.15, 0.2) is 30.3 Å². The van der Waals surface area contributed by atoms with Gasteiger partial charge in [0.05, 0.1) is 0 Å². The second kappa shape index (κ2) is 5.49. The number of carbonyl (C=O) groups is 2. The van der Waals surface area contributed by atoms with Gasteiger partial charge in [-0.25, -0.2) is 4.79 Å². The first-order chi connectivity index (χ1) is 9.41. The molecule has 0 saturated heterocycles. The summed E-state index contributed by atoms with van der Waals surface area (Å²) in [5, 5.41) is 11.9. The smallest absolute Gasteiger partial charge is 0.329 e. The van der Waals surface area contributed by atoms with E-state index in [-0.39, 0.29) is 11.8 Å². The molecule has 0 bridgehead atoms. The van der Waals surface area contributed by atoms with Crippen molar-refractivity contribution in [1.29, 1.82) is 0 Å². The maximum atomic E-state index is 11.9. The van der Waals surface area contributed by atoms with Gasteiger partial charge in [0, 0.05) is 6.08 Å². The van der Waals surface area contributed by atoms with Crippen molar-refractivity contribution in [2.45, 2.75) is 32.2 Å². The first kappa shape index (κ1) is 14.3. The van der Waals surface area contributed by atoms with Crippen LogP contribution in [0.3, 0.4) is 0 Å². The lowest BCUT2D eigenvalue weighted by Gasteiger charge is -2.25. The molecule has 1 aliphatic carbocycles. The van der Waals surface area contributed by atoms with Gasteiger partial charge in [0.2, 0.25) is 5.91 Å². The summed E-state index contributed by atoms with van der Waals surface area (Å²) in [6.07, 6.45) is 4.78. The van der Waals surface area contributed by atoms with Gasteiger partial charge in [-0.2, -0.15) is 0 Å². The first-order valence-corrected chi connectivity index (χ1v) is 6.72. The van der Waals surface area contributed by atoms with Crippen molar-refractivity contribution >= 4 is 18.0 Å². The Bertz CT molecular complexity index is 561. The lowest BCUT2D eigenvalue weighted by Crippen LogP contribution is -2.53. The molecule has 0 spiro atoms.